The molecule has 0 aliphatic heterocycles. The highest BCUT2D eigenvalue weighted by Crippen LogP contribution is 2.39. The molecule has 10 rings (SSSR count). The van der Waals surface area contributed by atoms with Gasteiger partial charge in [0.05, 0.1) is 5.56 Å². The quantitative estimate of drug-likeness (QED) is 0.190. The molecule has 4 heteroatoms. The Hall–Kier alpha value is -6.39. The zero-order valence-corrected chi connectivity index (χ0v) is 25.2. The third-order valence-electron chi connectivity index (χ3n) is 9.33. The number of fused-ring (bicyclic) bond motifs is 10. The van der Waals surface area contributed by atoms with Gasteiger partial charge in [-0.25, -0.2) is 15.0 Å². The van der Waals surface area contributed by atoms with Crippen molar-refractivity contribution in [3.8, 4) is 34.2 Å². The van der Waals surface area contributed by atoms with E-state index in [1.165, 1.54) is 32.3 Å². The molecule has 0 fully saturated rings. The Bertz CT molecular complexity index is 2850. The molecule has 0 unspecified atom stereocenters. The Morgan fingerprint density at radius 2 is 0.851 bits per heavy atom. The van der Waals surface area contributed by atoms with Crippen molar-refractivity contribution in [1.82, 2.24) is 15.0 Å². The van der Waals surface area contributed by atoms with E-state index in [4.69, 9.17) is 19.4 Å². The van der Waals surface area contributed by atoms with Gasteiger partial charge in [0, 0.05) is 21.9 Å². The van der Waals surface area contributed by atoms with Crippen LogP contribution in [0.3, 0.4) is 0 Å². The van der Waals surface area contributed by atoms with Gasteiger partial charge in [0.15, 0.2) is 17.5 Å². The van der Waals surface area contributed by atoms with Gasteiger partial charge in [0.2, 0.25) is 0 Å². The summed E-state index contributed by atoms with van der Waals surface area (Å²) in [6, 6.07) is 52.8. The summed E-state index contributed by atoms with van der Waals surface area (Å²) in [7, 11) is 0. The molecule has 8 aromatic carbocycles. The molecule has 0 bridgehead atoms. The second kappa shape index (κ2) is 10.1. The first-order chi connectivity index (χ1) is 23.3. The molecule has 0 N–H and O–H groups in total. The highest BCUT2D eigenvalue weighted by Gasteiger charge is 2.19. The summed E-state index contributed by atoms with van der Waals surface area (Å²) < 4.78 is 6.41. The van der Waals surface area contributed by atoms with Gasteiger partial charge < -0.3 is 4.42 Å². The van der Waals surface area contributed by atoms with Crippen LogP contribution in [0.2, 0.25) is 0 Å². The maximum atomic E-state index is 6.41. The molecule has 0 aliphatic rings. The summed E-state index contributed by atoms with van der Waals surface area (Å²) in [6.07, 6.45) is 0. The molecule has 218 valence electrons. The van der Waals surface area contributed by atoms with Gasteiger partial charge in [0.1, 0.15) is 11.2 Å². The van der Waals surface area contributed by atoms with E-state index in [1.54, 1.807) is 0 Å². The maximum absolute atomic E-state index is 6.41. The average molecular weight is 600 g/mol. The van der Waals surface area contributed by atoms with Gasteiger partial charge in [-0.2, -0.15) is 0 Å². The second-order valence-electron chi connectivity index (χ2n) is 12.0. The van der Waals surface area contributed by atoms with E-state index in [9.17, 15) is 0 Å². The van der Waals surface area contributed by atoms with Crippen LogP contribution in [-0.4, -0.2) is 15.0 Å². The summed E-state index contributed by atoms with van der Waals surface area (Å²) in [6.45, 7) is 0. The molecule has 0 saturated heterocycles. The highest BCUT2D eigenvalue weighted by atomic mass is 16.3. The van der Waals surface area contributed by atoms with E-state index in [2.05, 4.69) is 91.0 Å². The minimum absolute atomic E-state index is 0.578. The van der Waals surface area contributed by atoms with Crippen LogP contribution in [0.25, 0.3) is 99.2 Å². The SMILES string of the molecule is c1ccc(-c2nc(-c3cccc4c3ccc3c4ccc4c5ccccc5ccc43)nc(-c3cccc4c3oc3ccccc34)n2)cc1. The summed E-state index contributed by atoms with van der Waals surface area (Å²) in [5.41, 5.74) is 4.34. The zero-order chi connectivity index (χ0) is 30.9. The van der Waals surface area contributed by atoms with Gasteiger partial charge in [-0.05, 0) is 55.2 Å². The van der Waals surface area contributed by atoms with E-state index < -0.39 is 0 Å². The van der Waals surface area contributed by atoms with Crippen molar-refractivity contribution in [3.05, 3.63) is 152 Å². The zero-order valence-electron chi connectivity index (χ0n) is 25.2. The minimum atomic E-state index is 0.578. The number of benzene rings is 8. The largest absolute Gasteiger partial charge is 0.455 e. The van der Waals surface area contributed by atoms with Crippen LogP contribution in [0.1, 0.15) is 0 Å². The van der Waals surface area contributed by atoms with Crippen molar-refractivity contribution in [3.63, 3.8) is 0 Å². The van der Waals surface area contributed by atoms with Crippen LogP contribution < -0.4 is 0 Å². The molecule has 2 heterocycles. The van der Waals surface area contributed by atoms with Gasteiger partial charge in [-0.3, -0.25) is 0 Å². The lowest BCUT2D eigenvalue weighted by Gasteiger charge is -2.13. The van der Waals surface area contributed by atoms with Crippen LogP contribution in [-0.2, 0) is 0 Å². The molecule has 47 heavy (non-hydrogen) atoms. The summed E-state index contributed by atoms with van der Waals surface area (Å²) in [5.74, 6) is 1.82. The molecule has 10 aromatic rings. The number of furan rings is 1. The fourth-order valence-electron chi connectivity index (χ4n) is 7.12. The normalized spacial score (nSPS) is 11.8. The predicted molar refractivity (Wildman–Crippen MR) is 193 cm³/mol. The minimum Gasteiger partial charge on any atom is -0.455 e. The van der Waals surface area contributed by atoms with Crippen molar-refractivity contribution in [1.29, 1.82) is 0 Å². The molecular weight excluding hydrogens is 574 g/mol. The third-order valence-corrected chi connectivity index (χ3v) is 9.33. The summed E-state index contributed by atoms with van der Waals surface area (Å²) >= 11 is 0. The van der Waals surface area contributed by atoms with Crippen LogP contribution in [0, 0.1) is 0 Å². The molecule has 4 nitrogen and oxygen atoms in total. The van der Waals surface area contributed by atoms with Crippen molar-refractivity contribution in [2.24, 2.45) is 0 Å². The molecule has 2 aromatic heterocycles. The van der Waals surface area contributed by atoms with E-state index in [0.717, 1.165) is 49.4 Å². The second-order valence-corrected chi connectivity index (χ2v) is 12.0. The summed E-state index contributed by atoms with van der Waals surface area (Å²) in [4.78, 5) is 15.3. The summed E-state index contributed by atoms with van der Waals surface area (Å²) in [5, 5.41) is 11.8. The lowest BCUT2D eigenvalue weighted by atomic mass is 9.93. The third kappa shape index (κ3) is 3.98. The van der Waals surface area contributed by atoms with Crippen LogP contribution in [0.4, 0.5) is 0 Å². The standard InChI is InChI=1S/C43H25N3O/c1-2-11-27(12-3-1)41-44-42(46-43(45-41)38-18-9-16-36-35-14-6-7-19-39(35)47-40(36)38)37-17-8-15-29-32-23-22-30-28-13-5-4-10-26(28)20-21-31(30)33(32)24-25-34(29)37/h1-25H. The van der Waals surface area contributed by atoms with Crippen molar-refractivity contribution >= 4 is 65.0 Å². The van der Waals surface area contributed by atoms with Crippen molar-refractivity contribution in [2.75, 3.05) is 0 Å². The van der Waals surface area contributed by atoms with E-state index >= 15 is 0 Å². The van der Waals surface area contributed by atoms with E-state index in [1.807, 2.05) is 60.7 Å². The first-order valence-corrected chi connectivity index (χ1v) is 15.8. The van der Waals surface area contributed by atoms with E-state index in [-0.39, 0.29) is 0 Å². The molecular formula is C43H25N3O. The Morgan fingerprint density at radius 3 is 1.66 bits per heavy atom. The topological polar surface area (TPSA) is 51.8 Å². The predicted octanol–water partition coefficient (Wildman–Crippen LogP) is 11.4. The number of hydrogen-bond donors (Lipinski definition) is 0. The van der Waals surface area contributed by atoms with Gasteiger partial charge in [-0.15, -0.1) is 0 Å². The van der Waals surface area contributed by atoms with Crippen LogP contribution in [0.5, 0.6) is 0 Å². The number of aromatic nitrogens is 3. The molecule has 0 aliphatic carbocycles. The Balaban J connectivity index is 1.22. The number of nitrogens with zero attached hydrogens (tertiary/aromatic N) is 3. The molecule has 0 saturated carbocycles. The van der Waals surface area contributed by atoms with Crippen LogP contribution >= 0.6 is 0 Å². The van der Waals surface area contributed by atoms with E-state index in [0.29, 0.717) is 17.5 Å². The Kier molecular flexibility index (Phi) is 5.54. The number of para-hydroxylation sites is 2. The Labute approximate surface area is 269 Å². The lowest BCUT2D eigenvalue weighted by Crippen LogP contribution is -2.00. The first kappa shape index (κ1) is 25.9. The van der Waals surface area contributed by atoms with Gasteiger partial charge in [0.25, 0.3) is 0 Å². The molecule has 0 amide bonds. The van der Waals surface area contributed by atoms with Gasteiger partial charge >= 0.3 is 0 Å². The van der Waals surface area contributed by atoms with Crippen molar-refractivity contribution in [2.45, 2.75) is 0 Å². The average Bonchev–Trinajstić information content (AvgIpc) is 3.53. The van der Waals surface area contributed by atoms with Crippen molar-refractivity contribution < 1.29 is 4.42 Å². The lowest BCUT2D eigenvalue weighted by molar-refractivity contribution is 0.669. The van der Waals surface area contributed by atoms with Gasteiger partial charge in [-0.1, -0.05) is 140 Å². The molecule has 0 spiro atoms. The fraction of sp³-hybridized carbons (Fsp3) is 0. The maximum Gasteiger partial charge on any atom is 0.167 e. The Morgan fingerprint density at radius 1 is 0.319 bits per heavy atom. The smallest absolute Gasteiger partial charge is 0.167 e. The highest BCUT2D eigenvalue weighted by molar-refractivity contribution is 6.23. The van der Waals surface area contributed by atoms with Crippen LogP contribution in [0.15, 0.2) is 156 Å². The fourth-order valence-corrected chi connectivity index (χ4v) is 7.12. The molecule has 0 radical (unpaired) electrons. The number of hydrogen-bond acceptors (Lipinski definition) is 4. The molecule has 0 atom stereocenters. The number of rotatable bonds is 3. The first-order valence-electron chi connectivity index (χ1n) is 15.8. The monoisotopic (exact) mass is 599 g/mol.